The van der Waals surface area contributed by atoms with Crippen molar-refractivity contribution in [3.8, 4) is 17.6 Å². The first-order chi connectivity index (χ1) is 12.3. The van der Waals surface area contributed by atoms with Crippen LogP contribution < -0.4 is 4.74 Å². The van der Waals surface area contributed by atoms with Gasteiger partial charge in [-0.25, -0.2) is 4.79 Å². The number of nitriles is 1. The number of carbonyl (C=O) groups is 1. The lowest BCUT2D eigenvalue weighted by Gasteiger charge is -2.11. The van der Waals surface area contributed by atoms with Gasteiger partial charge in [-0.05, 0) is 42.0 Å². The molecule has 3 rings (SSSR count). The van der Waals surface area contributed by atoms with Crippen LogP contribution in [0.4, 0.5) is 0 Å². The Bertz CT molecular complexity index is 914. The molecular weight excluding hydrogens is 314 g/mol. The summed E-state index contributed by atoms with van der Waals surface area (Å²) in [7, 11) is 0. The fraction of sp³-hybridized carbons (Fsp3) is 0.0476. The highest BCUT2D eigenvalue weighted by Gasteiger charge is 2.14. The number of benzene rings is 3. The van der Waals surface area contributed by atoms with Crippen LogP contribution in [-0.4, -0.2) is 5.97 Å². The molecule has 0 N–H and O–H groups in total. The van der Waals surface area contributed by atoms with Crippen molar-refractivity contribution >= 4 is 5.97 Å². The maximum absolute atomic E-state index is 12.4. The molecule has 4 heteroatoms. The summed E-state index contributed by atoms with van der Waals surface area (Å²) in [5.41, 5.74) is 1.64. The Morgan fingerprint density at radius 3 is 2.48 bits per heavy atom. The van der Waals surface area contributed by atoms with Gasteiger partial charge in [0.25, 0.3) is 0 Å². The molecule has 0 atom stereocenters. The zero-order chi connectivity index (χ0) is 17.5. The second kappa shape index (κ2) is 7.80. The van der Waals surface area contributed by atoms with E-state index in [1.54, 1.807) is 48.5 Å². The summed E-state index contributed by atoms with van der Waals surface area (Å²) in [4.78, 5) is 12.4. The lowest BCUT2D eigenvalue weighted by molar-refractivity contribution is 0.0470. The smallest absolute Gasteiger partial charge is 0.342 e. The molecule has 25 heavy (non-hydrogen) atoms. The highest BCUT2D eigenvalue weighted by Crippen LogP contribution is 2.25. The average molecular weight is 329 g/mol. The van der Waals surface area contributed by atoms with Crippen LogP contribution in [0.2, 0.25) is 0 Å². The van der Waals surface area contributed by atoms with Crippen molar-refractivity contribution in [1.82, 2.24) is 0 Å². The first-order valence-corrected chi connectivity index (χ1v) is 7.74. The van der Waals surface area contributed by atoms with Gasteiger partial charge in [0.1, 0.15) is 23.7 Å². The van der Waals surface area contributed by atoms with Gasteiger partial charge in [0, 0.05) is 0 Å². The summed E-state index contributed by atoms with van der Waals surface area (Å²) in [6.07, 6.45) is 0. The number of rotatable bonds is 5. The molecule has 3 aromatic rings. The molecule has 4 nitrogen and oxygen atoms in total. The van der Waals surface area contributed by atoms with Crippen molar-refractivity contribution in [2.75, 3.05) is 0 Å². The fourth-order valence-electron chi connectivity index (χ4n) is 2.30. The third kappa shape index (κ3) is 4.24. The van der Waals surface area contributed by atoms with Gasteiger partial charge in [-0.2, -0.15) is 5.26 Å². The van der Waals surface area contributed by atoms with E-state index in [0.29, 0.717) is 22.6 Å². The Morgan fingerprint density at radius 1 is 0.920 bits per heavy atom. The lowest BCUT2D eigenvalue weighted by atomic mass is 10.1. The van der Waals surface area contributed by atoms with Gasteiger partial charge in [0.2, 0.25) is 0 Å². The maximum atomic E-state index is 12.4. The normalized spacial score (nSPS) is 9.88. The number of nitrogens with zero attached hydrogens (tertiary/aromatic N) is 1. The third-order valence-corrected chi connectivity index (χ3v) is 3.50. The van der Waals surface area contributed by atoms with Crippen LogP contribution in [0.5, 0.6) is 11.5 Å². The van der Waals surface area contributed by atoms with Crippen LogP contribution in [0.1, 0.15) is 21.5 Å². The maximum Gasteiger partial charge on any atom is 0.342 e. The Balaban J connectivity index is 1.73. The summed E-state index contributed by atoms with van der Waals surface area (Å²) in [5, 5.41) is 8.92. The largest absolute Gasteiger partial charge is 0.457 e. The van der Waals surface area contributed by atoms with Crippen LogP contribution >= 0.6 is 0 Å². The molecule has 0 saturated heterocycles. The van der Waals surface area contributed by atoms with E-state index in [1.807, 2.05) is 30.3 Å². The second-order valence-electron chi connectivity index (χ2n) is 5.30. The third-order valence-electron chi connectivity index (χ3n) is 3.50. The average Bonchev–Trinajstić information content (AvgIpc) is 2.67. The van der Waals surface area contributed by atoms with Crippen molar-refractivity contribution < 1.29 is 14.3 Å². The molecule has 3 aromatic carbocycles. The molecule has 0 unspecified atom stereocenters. The minimum atomic E-state index is -0.478. The quantitative estimate of drug-likeness (QED) is 0.636. The molecule has 0 aliphatic rings. The molecule has 0 amide bonds. The summed E-state index contributed by atoms with van der Waals surface area (Å²) < 4.78 is 11.1. The monoisotopic (exact) mass is 329 g/mol. The molecule has 0 bridgehead atoms. The lowest BCUT2D eigenvalue weighted by Crippen LogP contribution is -2.07. The molecule has 0 aliphatic heterocycles. The van der Waals surface area contributed by atoms with E-state index in [-0.39, 0.29) is 6.61 Å². The summed E-state index contributed by atoms with van der Waals surface area (Å²) >= 11 is 0. The SMILES string of the molecule is N#Cc1cccc(COC(=O)c2ccccc2Oc2ccccc2)c1. The van der Waals surface area contributed by atoms with Crippen molar-refractivity contribution in [3.63, 3.8) is 0 Å². The molecule has 0 spiro atoms. The Morgan fingerprint density at radius 2 is 1.68 bits per heavy atom. The van der Waals surface area contributed by atoms with Gasteiger partial charge in [-0.1, -0.05) is 42.5 Å². The van der Waals surface area contributed by atoms with E-state index in [0.717, 1.165) is 5.56 Å². The molecule has 0 fully saturated rings. The molecule has 0 saturated carbocycles. The minimum Gasteiger partial charge on any atom is -0.457 e. The predicted octanol–water partition coefficient (Wildman–Crippen LogP) is 4.71. The summed E-state index contributed by atoms with van der Waals surface area (Å²) in [6, 6.07) is 25.2. The summed E-state index contributed by atoms with van der Waals surface area (Å²) in [5.74, 6) is 0.600. The van der Waals surface area contributed by atoms with Gasteiger partial charge in [0.05, 0.1) is 11.6 Å². The van der Waals surface area contributed by atoms with E-state index in [1.165, 1.54) is 0 Å². The fourth-order valence-corrected chi connectivity index (χ4v) is 2.30. The first kappa shape index (κ1) is 16.3. The highest BCUT2D eigenvalue weighted by atomic mass is 16.5. The van der Waals surface area contributed by atoms with E-state index in [4.69, 9.17) is 14.7 Å². The van der Waals surface area contributed by atoms with E-state index in [9.17, 15) is 4.79 Å². The molecule has 122 valence electrons. The number of esters is 1. The van der Waals surface area contributed by atoms with Gasteiger partial charge < -0.3 is 9.47 Å². The molecule has 0 heterocycles. The molecule has 0 aromatic heterocycles. The summed E-state index contributed by atoms with van der Waals surface area (Å²) in [6.45, 7) is 0.0913. The standard InChI is InChI=1S/C21H15NO3/c22-14-16-7-6-8-17(13-16)15-24-21(23)19-11-4-5-12-20(19)25-18-9-2-1-3-10-18/h1-13H,15H2. The number of para-hydroxylation sites is 2. The number of hydrogen-bond donors (Lipinski definition) is 0. The van der Waals surface area contributed by atoms with E-state index >= 15 is 0 Å². The van der Waals surface area contributed by atoms with Crippen molar-refractivity contribution in [2.24, 2.45) is 0 Å². The Labute approximate surface area is 145 Å². The van der Waals surface area contributed by atoms with Gasteiger partial charge >= 0.3 is 5.97 Å². The highest BCUT2D eigenvalue weighted by molar-refractivity contribution is 5.92. The van der Waals surface area contributed by atoms with E-state index in [2.05, 4.69) is 6.07 Å². The number of ether oxygens (including phenoxy) is 2. The number of hydrogen-bond acceptors (Lipinski definition) is 4. The van der Waals surface area contributed by atoms with Crippen LogP contribution in [0, 0.1) is 11.3 Å². The van der Waals surface area contributed by atoms with Crippen LogP contribution in [0.25, 0.3) is 0 Å². The van der Waals surface area contributed by atoms with Crippen molar-refractivity contribution in [2.45, 2.75) is 6.61 Å². The first-order valence-electron chi connectivity index (χ1n) is 7.74. The second-order valence-corrected chi connectivity index (χ2v) is 5.30. The van der Waals surface area contributed by atoms with E-state index < -0.39 is 5.97 Å². The molecule has 0 aliphatic carbocycles. The van der Waals surface area contributed by atoms with Gasteiger partial charge in [0.15, 0.2) is 0 Å². The number of carbonyl (C=O) groups excluding carboxylic acids is 1. The zero-order valence-corrected chi connectivity index (χ0v) is 13.4. The topological polar surface area (TPSA) is 59.3 Å². The predicted molar refractivity (Wildman–Crippen MR) is 93.2 cm³/mol. The Hall–Kier alpha value is -3.58. The van der Waals surface area contributed by atoms with Crippen molar-refractivity contribution in [1.29, 1.82) is 5.26 Å². The van der Waals surface area contributed by atoms with Gasteiger partial charge in [-0.3, -0.25) is 0 Å². The van der Waals surface area contributed by atoms with Gasteiger partial charge in [-0.15, -0.1) is 0 Å². The van der Waals surface area contributed by atoms with Crippen LogP contribution in [-0.2, 0) is 11.3 Å². The van der Waals surface area contributed by atoms with Crippen molar-refractivity contribution in [3.05, 3.63) is 95.6 Å². The van der Waals surface area contributed by atoms with Crippen LogP contribution in [0.3, 0.4) is 0 Å². The Kier molecular flexibility index (Phi) is 5.08. The van der Waals surface area contributed by atoms with Crippen LogP contribution in [0.15, 0.2) is 78.9 Å². The minimum absolute atomic E-state index is 0.0913. The molecular formula is C21H15NO3. The zero-order valence-electron chi connectivity index (χ0n) is 13.4. The molecule has 0 radical (unpaired) electrons.